The first-order valence-corrected chi connectivity index (χ1v) is 8.33. The van der Waals surface area contributed by atoms with Crippen molar-refractivity contribution in [3.63, 3.8) is 0 Å². The van der Waals surface area contributed by atoms with Crippen LogP contribution in [0.2, 0.25) is 0 Å². The lowest BCUT2D eigenvalue weighted by atomic mass is 10.2. The summed E-state index contributed by atoms with van der Waals surface area (Å²) in [5.41, 5.74) is 6.76. The fraction of sp³-hybridized carbons (Fsp3) is 0.200. The van der Waals surface area contributed by atoms with E-state index in [1.54, 1.807) is 12.1 Å². The third-order valence-electron chi connectivity index (χ3n) is 3.29. The molecule has 0 saturated carbocycles. The molecule has 3 N–H and O–H groups in total. The van der Waals surface area contributed by atoms with Gasteiger partial charge in [-0.15, -0.1) is 0 Å². The van der Waals surface area contributed by atoms with E-state index in [2.05, 4.69) is 10.2 Å². The Morgan fingerprint density at radius 3 is 2.16 bits per heavy atom. The maximum absolute atomic E-state index is 11.2. The number of nitrogens with one attached hydrogen (secondary N) is 1. The van der Waals surface area contributed by atoms with E-state index < -0.39 is 15.0 Å². The molecule has 2 aromatic carbocycles. The normalized spacial score (nSPS) is 11.5. The van der Waals surface area contributed by atoms with Gasteiger partial charge in [0.2, 0.25) is 0 Å². The minimum atomic E-state index is -4.62. The molecular formula is C15H17N3O6S. The molecule has 25 heavy (non-hydrogen) atoms. The molecule has 0 saturated heterocycles. The van der Waals surface area contributed by atoms with Gasteiger partial charge in [0.15, 0.2) is 22.9 Å². The summed E-state index contributed by atoms with van der Waals surface area (Å²) in [6, 6.07) is 6.70. The number of hydrogen-bond donors (Lipinski definition) is 2. The van der Waals surface area contributed by atoms with E-state index in [9.17, 15) is 13.0 Å². The molecule has 134 valence electrons. The predicted octanol–water partition coefficient (Wildman–Crippen LogP) is 0.695. The van der Waals surface area contributed by atoms with Gasteiger partial charge in [-0.3, -0.25) is 0 Å². The maximum Gasteiger partial charge on any atom is 0.256 e. The number of benzene rings is 2. The Balaban J connectivity index is 2.48. The molecule has 0 aliphatic heterocycles. The first-order valence-electron chi connectivity index (χ1n) is 6.92. The topological polar surface area (TPSA) is 137 Å². The van der Waals surface area contributed by atoms with Crippen molar-refractivity contribution in [3.05, 3.63) is 30.3 Å². The minimum Gasteiger partial charge on any atom is -0.744 e. The molecule has 0 fully saturated rings. The highest BCUT2D eigenvalue weighted by atomic mass is 32.2. The van der Waals surface area contributed by atoms with Gasteiger partial charge in [0.25, 0.3) is 5.69 Å². The van der Waals surface area contributed by atoms with Crippen LogP contribution in [-0.4, -0.2) is 34.3 Å². The van der Waals surface area contributed by atoms with Crippen LogP contribution in [0.5, 0.6) is 17.2 Å². The summed E-state index contributed by atoms with van der Waals surface area (Å²) in [5.74, 6) is 1.15. The molecule has 9 nitrogen and oxygen atoms in total. The second-order valence-electron chi connectivity index (χ2n) is 4.81. The van der Waals surface area contributed by atoms with Crippen molar-refractivity contribution < 1.29 is 32.3 Å². The Labute approximate surface area is 144 Å². The van der Waals surface area contributed by atoms with Gasteiger partial charge in [0.05, 0.1) is 32.3 Å². The van der Waals surface area contributed by atoms with Crippen molar-refractivity contribution >= 4 is 27.2 Å². The fourth-order valence-electron chi connectivity index (χ4n) is 2.02. The standard InChI is InChI=1S/C15H17N3O6S/c1-22-13-5-4-9(25(19,20)21)6-12(13)18-17-11-8-15(24-3)14(23-2)7-10(11)16/h4-8H,16H2,1-3H3,(H,19,20,21). The van der Waals surface area contributed by atoms with E-state index in [0.29, 0.717) is 22.9 Å². The fourth-order valence-corrected chi connectivity index (χ4v) is 2.52. The van der Waals surface area contributed by atoms with Gasteiger partial charge in [-0.2, -0.15) is 0 Å². The zero-order chi connectivity index (χ0) is 18.6. The summed E-state index contributed by atoms with van der Waals surface area (Å²) in [7, 11) is -0.269. The predicted molar refractivity (Wildman–Crippen MR) is 87.6 cm³/mol. The third-order valence-corrected chi connectivity index (χ3v) is 4.12. The van der Waals surface area contributed by atoms with E-state index >= 15 is 0 Å². The molecule has 0 amide bonds. The molecule has 0 spiro atoms. The van der Waals surface area contributed by atoms with Crippen LogP contribution < -0.4 is 25.1 Å². The number of nitrogens with two attached hydrogens (primary N) is 1. The summed E-state index contributed by atoms with van der Waals surface area (Å²) in [6.45, 7) is 0. The Hall–Kier alpha value is -2.85. The number of hydrogen-bond acceptors (Lipinski definition) is 8. The summed E-state index contributed by atoms with van der Waals surface area (Å²) in [5, 5.41) is 6.75. The lowest BCUT2D eigenvalue weighted by Crippen LogP contribution is -2.57. The lowest BCUT2D eigenvalue weighted by molar-refractivity contribution is -0.432. The first kappa shape index (κ1) is 18.5. The second-order valence-corrected chi connectivity index (χ2v) is 6.19. The van der Waals surface area contributed by atoms with Gasteiger partial charge in [-0.05, 0) is 18.2 Å². The number of nitrogen functional groups attached to an aromatic ring is 1. The van der Waals surface area contributed by atoms with E-state index in [0.717, 1.165) is 12.1 Å². The van der Waals surface area contributed by atoms with Crippen LogP contribution in [-0.2, 0) is 10.1 Å². The van der Waals surface area contributed by atoms with Crippen LogP contribution in [0.4, 0.5) is 17.1 Å². The Bertz CT molecular complexity index is 912. The van der Waals surface area contributed by atoms with E-state index in [4.69, 9.17) is 19.9 Å². The summed E-state index contributed by atoms with van der Waals surface area (Å²) in [4.78, 5) is -0.422. The molecule has 0 aliphatic carbocycles. The highest BCUT2D eigenvalue weighted by Gasteiger charge is 2.14. The van der Waals surface area contributed by atoms with E-state index in [1.165, 1.54) is 27.4 Å². The van der Waals surface area contributed by atoms with Crippen LogP contribution in [0, 0.1) is 0 Å². The van der Waals surface area contributed by atoms with Crippen molar-refractivity contribution in [2.24, 2.45) is 5.11 Å². The highest BCUT2D eigenvalue weighted by molar-refractivity contribution is 7.85. The van der Waals surface area contributed by atoms with Crippen LogP contribution in [0.1, 0.15) is 0 Å². The molecule has 0 radical (unpaired) electrons. The zero-order valence-corrected chi connectivity index (χ0v) is 14.6. The molecule has 0 heterocycles. The van der Waals surface area contributed by atoms with Crippen molar-refractivity contribution in [2.75, 3.05) is 27.1 Å². The van der Waals surface area contributed by atoms with Crippen LogP contribution >= 0.6 is 0 Å². The number of anilines is 1. The molecule has 10 heteroatoms. The molecule has 0 atom stereocenters. The van der Waals surface area contributed by atoms with Gasteiger partial charge >= 0.3 is 0 Å². The van der Waals surface area contributed by atoms with Crippen LogP contribution in [0.25, 0.3) is 0 Å². The second kappa shape index (κ2) is 7.36. The average molecular weight is 367 g/mol. The molecule has 0 bridgehead atoms. The van der Waals surface area contributed by atoms with Gasteiger partial charge in [0, 0.05) is 11.2 Å². The quantitative estimate of drug-likeness (QED) is 0.435. The average Bonchev–Trinajstić information content (AvgIpc) is 2.59. The van der Waals surface area contributed by atoms with Crippen LogP contribution in [0.15, 0.2) is 40.3 Å². The molecule has 2 aromatic rings. The zero-order valence-electron chi connectivity index (χ0n) is 13.8. The van der Waals surface area contributed by atoms with Crippen molar-refractivity contribution in [1.82, 2.24) is 0 Å². The Morgan fingerprint density at radius 2 is 1.60 bits per heavy atom. The first-order chi connectivity index (χ1) is 11.8. The summed E-state index contributed by atoms with van der Waals surface area (Å²) in [6.07, 6.45) is 0. The van der Waals surface area contributed by atoms with Gasteiger partial charge < -0.3 is 24.5 Å². The van der Waals surface area contributed by atoms with Crippen LogP contribution in [0.3, 0.4) is 0 Å². The van der Waals surface area contributed by atoms with E-state index in [-0.39, 0.29) is 11.4 Å². The molecule has 0 aliphatic rings. The van der Waals surface area contributed by atoms with Crippen molar-refractivity contribution in [3.8, 4) is 17.2 Å². The van der Waals surface area contributed by atoms with Crippen molar-refractivity contribution in [1.29, 1.82) is 0 Å². The Morgan fingerprint density at radius 1 is 1.00 bits per heavy atom. The van der Waals surface area contributed by atoms with Gasteiger partial charge in [-0.25, -0.2) is 8.42 Å². The largest absolute Gasteiger partial charge is 0.744 e. The SMILES string of the molecule is COc1ccc(S(=O)(=O)[O-])cc1N=[NH+]c1cc(OC)c(OC)cc1N. The lowest BCUT2D eigenvalue weighted by Gasteiger charge is -2.09. The molecule has 2 rings (SSSR count). The molecule has 0 unspecified atom stereocenters. The molecule has 0 aromatic heterocycles. The molecular weight excluding hydrogens is 350 g/mol. The number of ether oxygens (including phenoxy) is 3. The number of azo groups is 1. The smallest absolute Gasteiger partial charge is 0.256 e. The maximum atomic E-state index is 11.2. The number of nitrogens with zero attached hydrogens (tertiary/aromatic N) is 1. The summed E-state index contributed by atoms with van der Waals surface area (Å²) < 4.78 is 48.9. The number of methoxy groups -OCH3 is 3. The third kappa shape index (κ3) is 4.17. The van der Waals surface area contributed by atoms with Crippen molar-refractivity contribution in [2.45, 2.75) is 4.90 Å². The minimum absolute atomic E-state index is 0.119. The van der Waals surface area contributed by atoms with Gasteiger partial charge in [0.1, 0.15) is 15.8 Å². The summed E-state index contributed by atoms with van der Waals surface area (Å²) >= 11 is 0. The van der Waals surface area contributed by atoms with E-state index in [1.807, 2.05) is 0 Å². The Kier molecular flexibility index (Phi) is 5.45. The van der Waals surface area contributed by atoms with Gasteiger partial charge in [-0.1, -0.05) is 5.11 Å². The monoisotopic (exact) mass is 367 g/mol. The number of rotatable bonds is 6. The highest BCUT2D eigenvalue weighted by Crippen LogP contribution is 2.33.